The van der Waals surface area contributed by atoms with Crippen LogP contribution in [0, 0.1) is 0 Å². The average molecular weight is 165 g/mol. The van der Waals surface area contributed by atoms with Crippen molar-refractivity contribution in [2.24, 2.45) is 0 Å². The van der Waals surface area contributed by atoms with Crippen LogP contribution >= 0.6 is 12.9 Å². The molecule has 1 radical (unpaired) electrons. The van der Waals surface area contributed by atoms with Crippen molar-refractivity contribution in [3.63, 3.8) is 0 Å². The first kappa shape index (κ1) is 10.3. The first-order valence-electron chi connectivity index (χ1n) is 1.65. The molecule has 0 amide bonds. The van der Waals surface area contributed by atoms with E-state index in [0.717, 1.165) is 0 Å². The van der Waals surface area contributed by atoms with Crippen molar-refractivity contribution in [3.05, 3.63) is 0 Å². The van der Waals surface area contributed by atoms with Gasteiger partial charge in [0.25, 0.3) is 0 Å². The minimum atomic E-state index is -0.293. The number of carbonyl (C=O) groups excluding carboxylic acids is 1. The molecule has 45 valence electrons. The van der Waals surface area contributed by atoms with Crippen LogP contribution in [0.2, 0.25) is 0 Å². The monoisotopic (exact) mass is 165 g/mol. The van der Waals surface area contributed by atoms with E-state index < -0.39 is 0 Å². The number of thiol groups is 1. The Kier molecular flexibility index (Phi) is 9.34. The van der Waals surface area contributed by atoms with E-state index in [-0.39, 0.29) is 22.7 Å². The van der Waals surface area contributed by atoms with Crippen molar-refractivity contribution in [1.82, 2.24) is 0 Å². The number of hydrogen-bond acceptors (Lipinski definition) is 3. The van der Waals surface area contributed by atoms with Crippen LogP contribution < -0.4 is 0 Å². The molecule has 0 saturated heterocycles. The number of rotatable bonds is 1. The molecule has 0 atom stereocenters. The third-order valence-corrected chi connectivity index (χ3v) is 0.594. The van der Waals surface area contributed by atoms with Crippen LogP contribution in [0.15, 0.2) is 0 Å². The van der Waals surface area contributed by atoms with Gasteiger partial charge in [-0.1, -0.05) is 6.92 Å². The van der Waals surface area contributed by atoms with E-state index in [0.29, 0.717) is 6.42 Å². The van der Waals surface area contributed by atoms with E-state index in [2.05, 4.69) is 17.1 Å². The van der Waals surface area contributed by atoms with E-state index in [1.807, 2.05) is 0 Å². The van der Waals surface area contributed by atoms with E-state index in [4.69, 9.17) is 0 Å². The molecule has 0 heterocycles. The molecule has 0 aliphatic rings. The summed E-state index contributed by atoms with van der Waals surface area (Å²) in [5.74, 6) is -0.293. The third-order valence-electron chi connectivity index (χ3n) is 0.390. The molecule has 0 aromatic carbocycles. The van der Waals surface area contributed by atoms with Crippen molar-refractivity contribution >= 4 is 18.9 Å². The summed E-state index contributed by atoms with van der Waals surface area (Å²) in [5, 5.41) is 0. The topological polar surface area (TPSA) is 26.3 Å². The van der Waals surface area contributed by atoms with Gasteiger partial charge in [-0.3, -0.25) is 4.79 Å². The Labute approximate surface area is 58.4 Å². The second kappa shape index (κ2) is 6.33. The van der Waals surface area contributed by atoms with Gasteiger partial charge >= 0.3 is 5.97 Å². The fraction of sp³-hybridized carbons (Fsp3) is 0.667. The molecule has 0 saturated carbocycles. The van der Waals surface area contributed by atoms with Gasteiger partial charge in [-0.15, -0.1) is 0 Å². The molecular formula is C3H6CoO2S. The smallest absolute Gasteiger partial charge is 0.317 e. The zero-order valence-electron chi connectivity index (χ0n) is 3.80. The summed E-state index contributed by atoms with van der Waals surface area (Å²) in [6.45, 7) is 1.71. The molecule has 0 unspecified atom stereocenters. The fourth-order valence-corrected chi connectivity index (χ4v) is 0.194. The Hall–Kier alpha value is 0.326. The quantitative estimate of drug-likeness (QED) is 0.459. The molecule has 0 aromatic heterocycles. The molecule has 4 heteroatoms. The molecule has 0 N–H and O–H groups in total. The van der Waals surface area contributed by atoms with Crippen molar-refractivity contribution in [2.45, 2.75) is 13.3 Å². The maximum absolute atomic E-state index is 9.88. The SMILES string of the molecule is CCC(=O)OS.[Co]. The van der Waals surface area contributed by atoms with Crippen molar-refractivity contribution in [2.75, 3.05) is 0 Å². The zero-order chi connectivity index (χ0) is 4.99. The van der Waals surface area contributed by atoms with E-state index in [1.54, 1.807) is 6.92 Å². The van der Waals surface area contributed by atoms with Crippen LogP contribution in [0.5, 0.6) is 0 Å². The fourth-order valence-electron chi connectivity index (χ4n) is 0.0645. The van der Waals surface area contributed by atoms with Gasteiger partial charge in [0.15, 0.2) is 0 Å². The second-order valence-electron chi connectivity index (χ2n) is 0.817. The molecule has 0 spiro atoms. The van der Waals surface area contributed by atoms with Crippen LogP contribution in [0.1, 0.15) is 13.3 Å². The Bertz CT molecular complexity index is 50.9. The van der Waals surface area contributed by atoms with Gasteiger partial charge in [0.2, 0.25) is 0 Å². The van der Waals surface area contributed by atoms with Crippen LogP contribution in [0.4, 0.5) is 0 Å². The summed E-state index contributed by atoms with van der Waals surface area (Å²) in [6, 6.07) is 0. The molecule has 2 nitrogen and oxygen atoms in total. The van der Waals surface area contributed by atoms with Gasteiger partial charge in [0.05, 0.1) is 0 Å². The van der Waals surface area contributed by atoms with E-state index >= 15 is 0 Å². The van der Waals surface area contributed by atoms with Gasteiger partial charge in [0.1, 0.15) is 0 Å². The predicted octanol–water partition coefficient (Wildman–Crippen LogP) is 0.782. The minimum Gasteiger partial charge on any atom is -0.395 e. The summed E-state index contributed by atoms with van der Waals surface area (Å²) in [6.07, 6.45) is 0.392. The average Bonchev–Trinajstić information content (AvgIpc) is 1.65. The third kappa shape index (κ3) is 6.33. The molecule has 0 rings (SSSR count). The normalized spacial score (nSPS) is 6.57. The first-order valence-corrected chi connectivity index (χ1v) is 2.02. The maximum Gasteiger partial charge on any atom is 0.317 e. The van der Waals surface area contributed by atoms with Gasteiger partial charge in [-0.05, 0) is 0 Å². The van der Waals surface area contributed by atoms with Crippen LogP contribution in [-0.4, -0.2) is 5.97 Å². The van der Waals surface area contributed by atoms with Gasteiger partial charge in [-0.2, -0.15) is 0 Å². The van der Waals surface area contributed by atoms with Gasteiger partial charge in [0, 0.05) is 36.1 Å². The zero-order valence-corrected chi connectivity index (χ0v) is 5.74. The molecule has 0 bridgehead atoms. The largest absolute Gasteiger partial charge is 0.395 e. The Morgan fingerprint density at radius 1 is 1.86 bits per heavy atom. The van der Waals surface area contributed by atoms with Gasteiger partial charge < -0.3 is 4.18 Å². The molecule has 0 aromatic rings. The molecule has 0 aliphatic carbocycles. The predicted molar refractivity (Wildman–Crippen MR) is 25.4 cm³/mol. The summed E-state index contributed by atoms with van der Waals surface area (Å²) < 4.78 is 3.95. The van der Waals surface area contributed by atoms with E-state index in [9.17, 15) is 4.79 Å². The molecule has 7 heavy (non-hydrogen) atoms. The maximum atomic E-state index is 9.88. The van der Waals surface area contributed by atoms with Crippen LogP contribution in [0.3, 0.4) is 0 Å². The Morgan fingerprint density at radius 3 is 2.29 bits per heavy atom. The summed E-state index contributed by atoms with van der Waals surface area (Å²) in [5.41, 5.74) is 0. The van der Waals surface area contributed by atoms with Crippen LogP contribution in [-0.2, 0) is 25.8 Å². The first-order chi connectivity index (χ1) is 2.81. The van der Waals surface area contributed by atoms with Crippen molar-refractivity contribution < 1.29 is 25.8 Å². The van der Waals surface area contributed by atoms with Crippen LogP contribution in [0.25, 0.3) is 0 Å². The molecular weight excluding hydrogens is 159 g/mol. The number of hydrogen-bond donors (Lipinski definition) is 1. The molecule has 0 aliphatic heterocycles. The Balaban J connectivity index is 0. The standard InChI is InChI=1S/C3H6O2S.Co/c1-2-3(4)5-6;/h6H,2H2,1H3;. The Morgan fingerprint density at radius 2 is 2.29 bits per heavy atom. The second-order valence-corrected chi connectivity index (χ2v) is 0.999. The number of carbonyl (C=O) groups is 1. The summed E-state index contributed by atoms with van der Waals surface area (Å²) in [7, 11) is 0. The van der Waals surface area contributed by atoms with Crippen molar-refractivity contribution in [3.8, 4) is 0 Å². The van der Waals surface area contributed by atoms with E-state index in [1.165, 1.54) is 0 Å². The minimum absolute atomic E-state index is 0. The summed E-state index contributed by atoms with van der Waals surface area (Å²) >= 11 is 3.25. The summed E-state index contributed by atoms with van der Waals surface area (Å²) in [4.78, 5) is 9.88. The molecule has 0 fully saturated rings. The van der Waals surface area contributed by atoms with Crippen molar-refractivity contribution in [1.29, 1.82) is 0 Å². The van der Waals surface area contributed by atoms with Gasteiger partial charge in [-0.25, -0.2) is 0 Å².